The summed E-state index contributed by atoms with van der Waals surface area (Å²) < 4.78 is 19.3. The molecule has 0 radical (unpaired) electrons. The van der Waals surface area contributed by atoms with Crippen molar-refractivity contribution in [1.82, 2.24) is 5.32 Å². The molecule has 1 saturated heterocycles. The zero-order valence-corrected chi connectivity index (χ0v) is 8.92. The molecule has 15 heavy (non-hydrogen) atoms. The molecule has 0 aromatic heterocycles. The lowest BCUT2D eigenvalue weighted by Gasteiger charge is -2.24. The maximum absolute atomic E-state index is 13.6. The average Bonchev–Trinajstić information content (AvgIpc) is 2.26. The van der Waals surface area contributed by atoms with Gasteiger partial charge in [-0.1, -0.05) is 12.1 Å². The number of halogens is 1. The third-order valence-electron chi connectivity index (χ3n) is 2.74. The Morgan fingerprint density at radius 3 is 2.80 bits per heavy atom. The summed E-state index contributed by atoms with van der Waals surface area (Å²) in [5.74, 6) is 0.165. The standard InChI is InChI=1S/C12H16FNO/c1-9-3-2-4-11(12(9)13)15-10-5-7-14-8-6-10/h2-4,10,14H,5-8H2,1H3. The van der Waals surface area contributed by atoms with Crippen molar-refractivity contribution in [2.75, 3.05) is 13.1 Å². The van der Waals surface area contributed by atoms with Crippen LogP contribution in [0.15, 0.2) is 18.2 Å². The quantitative estimate of drug-likeness (QED) is 0.806. The van der Waals surface area contributed by atoms with Gasteiger partial charge in [0.2, 0.25) is 0 Å². The summed E-state index contributed by atoms with van der Waals surface area (Å²) >= 11 is 0. The summed E-state index contributed by atoms with van der Waals surface area (Å²) in [5, 5.41) is 3.25. The van der Waals surface area contributed by atoms with Crippen molar-refractivity contribution >= 4 is 0 Å². The Labute approximate surface area is 89.4 Å². The number of nitrogens with one attached hydrogen (secondary N) is 1. The van der Waals surface area contributed by atoms with E-state index >= 15 is 0 Å². The molecule has 82 valence electrons. The van der Waals surface area contributed by atoms with E-state index in [1.165, 1.54) is 0 Å². The fraction of sp³-hybridized carbons (Fsp3) is 0.500. The van der Waals surface area contributed by atoms with Crippen LogP contribution < -0.4 is 10.1 Å². The Bertz CT molecular complexity index is 334. The fourth-order valence-corrected chi connectivity index (χ4v) is 1.80. The molecule has 1 heterocycles. The number of piperidine rings is 1. The van der Waals surface area contributed by atoms with Gasteiger partial charge in [0.05, 0.1) is 0 Å². The van der Waals surface area contributed by atoms with Gasteiger partial charge in [-0.25, -0.2) is 4.39 Å². The highest BCUT2D eigenvalue weighted by Crippen LogP contribution is 2.22. The molecule has 1 N–H and O–H groups in total. The summed E-state index contributed by atoms with van der Waals surface area (Å²) in [7, 11) is 0. The van der Waals surface area contributed by atoms with Gasteiger partial charge in [0.1, 0.15) is 6.10 Å². The van der Waals surface area contributed by atoms with Gasteiger partial charge in [-0.3, -0.25) is 0 Å². The Balaban J connectivity index is 2.06. The van der Waals surface area contributed by atoms with Crippen LogP contribution in [0.5, 0.6) is 5.75 Å². The molecule has 1 aromatic carbocycles. The number of hydrogen-bond acceptors (Lipinski definition) is 2. The first-order chi connectivity index (χ1) is 7.27. The molecule has 2 rings (SSSR count). The van der Waals surface area contributed by atoms with Crippen molar-refractivity contribution in [3.63, 3.8) is 0 Å². The first-order valence-corrected chi connectivity index (χ1v) is 5.40. The van der Waals surface area contributed by atoms with Crippen LogP contribution >= 0.6 is 0 Å². The van der Waals surface area contributed by atoms with E-state index in [9.17, 15) is 4.39 Å². The number of hydrogen-bond donors (Lipinski definition) is 1. The molecule has 1 fully saturated rings. The van der Waals surface area contributed by atoms with Crippen LogP contribution in [-0.4, -0.2) is 19.2 Å². The van der Waals surface area contributed by atoms with E-state index in [1.54, 1.807) is 19.1 Å². The lowest BCUT2D eigenvalue weighted by Crippen LogP contribution is -2.34. The second kappa shape index (κ2) is 4.62. The fourth-order valence-electron chi connectivity index (χ4n) is 1.80. The first-order valence-electron chi connectivity index (χ1n) is 5.40. The molecule has 1 aromatic rings. The van der Waals surface area contributed by atoms with Crippen molar-refractivity contribution in [2.45, 2.75) is 25.9 Å². The molecular weight excluding hydrogens is 193 g/mol. The molecule has 0 spiro atoms. The summed E-state index contributed by atoms with van der Waals surface area (Å²) in [4.78, 5) is 0. The molecule has 0 unspecified atom stereocenters. The van der Waals surface area contributed by atoms with Gasteiger partial charge in [-0.05, 0) is 44.5 Å². The summed E-state index contributed by atoms with van der Waals surface area (Å²) in [6.45, 7) is 3.67. The SMILES string of the molecule is Cc1cccc(OC2CCNCC2)c1F. The summed E-state index contributed by atoms with van der Waals surface area (Å²) in [6.07, 6.45) is 2.06. The predicted molar refractivity (Wildman–Crippen MR) is 57.7 cm³/mol. The molecule has 2 nitrogen and oxygen atoms in total. The third-order valence-corrected chi connectivity index (χ3v) is 2.74. The monoisotopic (exact) mass is 209 g/mol. The van der Waals surface area contributed by atoms with Crippen LogP contribution in [-0.2, 0) is 0 Å². The normalized spacial score (nSPS) is 17.7. The van der Waals surface area contributed by atoms with Crippen molar-refractivity contribution in [3.05, 3.63) is 29.6 Å². The van der Waals surface area contributed by atoms with Crippen LogP contribution in [0.3, 0.4) is 0 Å². The van der Waals surface area contributed by atoms with Crippen LogP contribution in [0.1, 0.15) is 18.4 Å². The van der Waals surface area contributed by atoms with Crippen LogP contribution in [0, 0.1) is 12.7 Å². The van der Waals surface area contributed by atoms with E-state index in [-0.39, 0.29) is 11.9 Å². The van der Waals surface area contributed by atoms with E-state index < -0.39 is 0 Å². The average molecular weight is 209 g/mol. The highest BCUT2D eigenvalue weighted by atomic mass is 19.1. The predicted octanol–water partition coefficient (Wildman–Crippen LogP) is 2.26. The number of rotatable bonds is 2. The van der Waals surface area contributed by atoms with Crippen molar-refractivity contribution in [1.29, 1.82) is 0 Å². The van der Waals surface area contributed by atoms with Crippen LogP contribution in [0.25, 0.3) is 0 Å². The van der Waals surface area contributed by atoms with Crippen molar-refractivity contribution in [3.8, 4) is 5.75 Å². The molecule has 3 heteroatoms. The number of benzene rings is 1. The zero-order chi connectivity index (χ0) is 10.7. The van der Waals surface area contributed by atoms with Gasteiger partial charge in [0.15, 0.2) is 11.6 Å². The highest BCUT2D eigenvalue weighted by molar-refractivity contribution is 5.30. The molecule has 0 atom stereocenters. The minimum atomic E-state index is -0.226. The Morgan fingerprint density at radius 1 is 1.33 bits per heavy atom. The minimum absolute atomic E-state index is 0.155. The van der Waals surface area contributed by atoms with Gasteiger partial charge >= 0.3 is 0 Å². The third kappa shape index (κ3) is 2.48. The van der Waals surface area contributed by atoms with Crippen LogP contribution in [0.4, 0.5) is 4.39 Å². The second-order valence-electron chi connectivity index (χ2n) is 3.95. The molecular formula is C12H16FNO. The summed E-state index contributed by atoms with van der Waals surface area (Å²) in [5.41, 5.74) is 0.640. The van der Waals surface area contributed by atoms with Crippen LogP contribution in [0.2, 0.25) is 0 Å². The van der Waals surface area contributed by atoms with Gasteiger partial charge in [-0.15, -0.1) is 0 Å². The van der Waals surface area contributed by atoms with Gasteiger partial charge in [0.25, 0.3) is 0 Å². The maximum atomic E-state index is 13.6. The molecule has 0 aliphatic carbocycles. The van der Waals surface area contributed by atoms with E-state index in [0.717, 1.165) is 25.9 Å². The largest absolute Gasteiger partial charge is 0.487 e. The smallest absolute Gasteiger partial charge is 0.167 e. The van der Waals surface area contributed by atoms with Gasteiger partial charge < -0.3 is 10.1 Å². The minimum Gasteiger partial charge on any atom is -0.487 e. The van der Waals surface area contributed by atoms with Gasteiger partial charge in [0, 0.05) is 0 Å². The van der Waals surface area contributed by atoms with Gasteiger partial charge in [-0.2, -0.15) is 0 Å². The highest BCUT2D eigenvalue weighted by Gasteiger charge is 2.16. The van der Waals surface area contributed by atoms with Crippen molar-refractivity contribution in [2.24, 2.45) is 0 Å². The molecule has 1 aliphatic heterocycles. The number of ether oxygens (including phenoxy) is 1. The molecule has 0 amide bonds. The van der Waals surface area contributed by atoms with E-state index in [4.69, 9.17) is 4.74 Å². The van der Waals surface area contributed by atoms with Crippen molar-refractivity contribution < 1.29 is 9.13 Å². The molecule has 0 saturated carbocycles. The number of aryl methyl sites for hydroxylation is 1. The molecule has 1 aliphatic rings. The summed E-state index contributed by atoms with van der Waals surface area (Å²) in [6, 6.07) is 5.28. The van der Waals surface area contributed by atoms with E-state index in [1.807, 2.05) is 6.07 Å². The first kappa shape index (κ1) is 10.4. The van der Waals surface area contributed by atoms with E-state index in [2.05, 4.69) is 5.32 Å². The lowest BCUT2D eigenvalue weighted by molar-refractivity contribution is 0.155. The van der Waals surface area contributed by atoms with E-state index in [0.29, 0.717) is 11.3 Å². The lowest BCUT2D eigenvalue weighted by atomic mass is 10.1. The Kier molecular flexibility index (Phi) is 3.21. The topological polar surface area (TPSA) is 21.3 Å². The zero-order valence-electron chi connectivity index (χ0n) is 8.92. The molecule has 0 bridgehead atoms. The second-order valence-corrected chi connectivity index (χ2v) is 3.95. The Morgan fingerprint density at radius 2 is 2.07 bits per heavy atom. The maximum Gasteiger partial charge on any atom is 0.167 e. The Hall–Kier alpha value is -1.09.